The minimum atomic E-state index is -2.81. The van der Waals surface area contributed by atoms with Crippen LogP contribution in [0.4, 0.5) is 5.69 Å². The van der Waals surface area contributed by atoms with E-state index >= 15 is 0 Å². The fraction of sp³-hybridized carbons (Fsp3) is 0. The maximum atomic E-state index is 12.4. The fourth-order valence-electron chi connectivity index (χ4n) is 1.97. The van der Waals surface area contributed by atoms with Crippen molar-refractivity contribution < 1.29 is 23.1 Å². The molecule has 2 rings (SSSR count). The van der Waals surface area contributed by atoms with Crippen LogP contribution in [0.3, 0.4) is 0 Å². The van der Waals surface area contributed by atoms with Crippen LogP contribution in [0.5, 0.6) is 0 Å². The van der Waals surface area contributed by atoms with Gasteiger partial charge in [-0.25, -0.2) is 13.2 Å². The van der Waals surface area contributed by atoms with Gasteiger partial charge in [-0.05, 0) is 42.0 Å². The van der Waals surface area contributed by atoms with E-state index in [0.29, 0.717) is 11.3 Å². The van der Waals surface area contributed by atoms with E-state index < -0.39 is 22.8 Å². The van der Waals surface area contributed by atoms with E-state index in [-0.39, 0.29) is 21.3 Å². The van der Waals surface area contributed by atoms with Gasteiger partial charge in [0.1, 0.15) is 0 Å². The molecular formula is C16H12Cl2N2O5S. The molecule has 0 aromatic heterocycles. The van der Waals surface area contributed by atoms with Crippen molar-refractivity contribution in [1.29, 1.82) is 0 Å². The number of nitrogens with one attached hydrogen (secondary N) is 2. The summed E-state index contributed by atoms with van der Waals surface area (Å²) < 4.78 is 23.4. The van der Waals surface area contributed by atoms with E-state index in [1.165, 1.54) is 42.5 Å². The van der Waals surface area contributed by atoms with Crippen LogP contribution in [0, 0.1) is 0 Å². The van der Waals surface area contributed by atoms with E-state index in [9.17, 15) is 18.0 Å². The van der Waals surface area contributed by atoms with Gasteiger partial charge in [-0.2, -0.15) is 0 Å². The van der Waals surface area contributed by atoms with E-state index in [1.807, 2.05) is 0 Å². The highest BCUT2D eigenvalue weighted by Gasteiger charge is 2.12. The zero-order valence-corrected chi connectivity index (χ0v) is 15.3. The molecule has 0 saturated carbocycles. The van der Waals surface area contributed by atoms with Gasteiger partial charge in [0.25, 0.3) is 5.91 Å². The molecular weight excluding hydrogens is 403 g/mol. The minimum absolute atomic E-state index is 0.0194. The number of rotatable bonds is 6. The predicted molar refractivity (Wildman–Crippen MR) is 99.9 cm³/mol. The van der Waals surface area contributed by atoms with Gasteiger partial charge in [-0.3, -0.25) is 9.52 Å². The zero-order chi connectivity index (χ0) is 19.3. The summed E-state index contributed by atoms with van der Waals surface area (Å²) in [7, 11) is -2.81. The number of halogens is 2. The van der Waals surface area contributed by atoms with Crippen molar-refractivity contribution in [3.8, 4) is 0 Å². The average molecular weight is 415 g/mol. The first-order valence-corrected chi connectivity index (χ1v) is 8.92. The third kappa shape index (κ3) is 5.48. The Morgan fingerprint density at radius 1 is 0.962 bits per heavy atom. The summed E-state index contributed by atoms with van der Waals surface area (Å²) in [6, 6.07) is 10.0. The third-order valence-electron chi connectivity index (χ3n) is 3.11. The van der Waals surface area contributed by atoms with Crippen molar-refractivity contribution >= 4 is 57.4 Å². The van der Waals surface area contributed by atoms with Gasteiger partial charge >= 0.3 is 5.97 Å². The Hall–Kier alpha value is -2.55. The molecule has 2 aromatic carbocycles. The number of amides is 1. The molecule has 7 nitrogen and oxygen atoms in total. The maximum Gasteiger partial charge on any atom is 0.330 e. The molecule has 26 heavy (non-hydrogen) atoms. The van der Waals surface area contributed by atoms with Gasteiger partial charge in [0.15, 0.2) is 0 Å². The first-order chi connectivity index (χ1) is 12.3. The molecule has 1 amide bonds. The second-order valence-electron chi connectivity index (χ2n) is 4.93. The van der Waals surface area contributed by atoms with Gasteiger partial charge in [-0.15, -0.1) is 0 Å². The number of aliphatic carboxylic acids is 1. The highest BCUT2D eigenvalue weighted by molar-refractivity contribution is 7.73. The molecule has 0 aliphatic carbocycles. The Morgan fingerprint density at radius 2 is 1.58 bits per heavy atom. The van der Waals surface area contributed by atoms with Crippen molar-refractivity contribution in [2.24, 2.45) is 0 Å². The monoisotopic (exact) mass is 414 g/mol. The van der Waals surface area contributed by atoms with Gasteiger partial charge in [0.05, 0.1) is 15.7 Å². The van der Waals surface area contributed by atoms with Gasteiger partial charge in [-0.1, -0.05) is 29.3 Å². The van der Waals surface area contributed by atoms with Crippen molar-refractivity contribution in [3.63, 3.8) is 0 Å². The van der Waals surface area contributed by atoms with Crippen LogP contribution < -0.4 is 10.0 Å². The molecule has 0 aliphatic rings. The summed E-state index contributed by atoms with van der Waals surface area (Å²) >= 11 is 11.8. The highest BCUT2D eigenvalue weighted by atomic mass is 35.5. The molecule has 3 N–H and O–H groups in total. The zero-order valence-electron chi connectivity index (χ0n) is 12.9. The molecule has 0 aliphatic heterocycles. The number of thiol groups is 1. The number of carboxylic acids is 1. The predicted octanol–water partition coefficient (Wildman–Crippen LogP) is 2.79. The summed E-state index contributed by atoms with van der Waals surface area (Å²) in [5, 5.41) is 12.0. The van der Waals surface area contributed by atoms with Crippen LogP contribution in [0.2, 0.25) is 10.0 Å². The second kappa shape index (κ2) is 8.70. The Bertz CT molecular complexity index is 948. The third-order valence-corrected chi connectivity index (χ3v) is 4.29. The summed E-state index contributed by atoms with van der Waals surface area (Å²) in [6.45, 7) is 0. The van der Waals surface area contributed by atoms with Crippen molar-refractivity contribution in [2.45, 2.75) is 0 Å². The SMILES string of the molecule is O=C(O)/C=C(\NC(=O)c1ccc(N[SH](=O)=O)cc1)c1ccc(Cl)c(Cl)c1. The molecule has 136 valence electrons. The largest absolute Gasteiger partial charge is 0.478 e. The average Bonchev–Trinajstić information content (AvgIpc) is 2.56. The first kappa shape index (κ1) is 19.8. The lowest BCUT2D eigenvalue weighted by Gasteiger charge is -2.11. The minimum Gasteiger partial charge on any atom is -0.478 e. The van der Waals surface area contributed by atoms with Crippen molar-refractivity contribution in [3.05, 3.63) is 69.7 Å². The normalized spacial score (nSPS) is 11.3. The van der Waals surface area contributed by atoms with Crippen molar-refractivity contribution in [1.82, 2.24) is 5.32 Å². The Labute approximate surface area is 160 Å². The Morgan fingerprint density at radius 3 is 2.12 bits per heavy atom. The first-order valence-electron chi connectivity index (χ1n) is 6.99. The van der Waals surface area contributed by atoms with Crippen LogP contribution in [0.15, 0.2) is 48.5 Å². The number of hydrogen-bond donors (Lipinski definition) is 4. The summed E-state index contributed by atoms with van der Waals surface area (Å²) in [6.07, 6.45) is 0.829. The number of hydrogen-bond acceptors (Lipinski definition) is 4. The lowest BCUT2D eigenvalue weighted by molar-refractivity contribution is -0.131. The summed E-state index contributed by atoms with van der Waals surface area (Å²) in [5.74, 6) is -1.84. The van der Waals surface area contributed by atoms with E-state index in [1.54, 1.807) is 0 Å². The van der Waals surface area contributed by atoms with Crippen LogP contribution in [0.1, 0.15) is 15.9 Å². The Kier molecular flexibility index (Phi) is 6.62. The molecule has 0 radical (unpaired) electrons. The number of carbonyl (C=O) groups is 2. The van der Waals surface area contributed by atoms with E-state index in [0.717, 1.165) is 6.08 Å². The van der Waals surface area contributed by atoms with Crippen LogP contribution in [0.25, 0.3) is 5.70 Å². The van der Waals surface area contributed by atoms with Gasteiger partial charge in [0, 0.05) is 17.3 Å². The number of carboxylic acid groups (broad SMARTS) is 1. The van der Waals surface area contributed by atoms with E-state index in [4.69, 9.17) is 28.3 Å². The standard InChI is InChI=1S/C16H12Cl2N2O5S/c17-12-6-3-10(7-13(12)18)14(8-15(21)22)19-16(23)9-1-4-11(5-2-9)20-26(24)25/h1-8,26H,(H,19,23)(H,21,22)(H,20,24,25)/b14-8-. The van der Waals surface area contributed by atoms with Crippen LogP contribution >= 0.6 is 23.2 Å². The number of carbonyl (C=O) groups excluding carboxylic acids is 1. The number of anilines is 1. The van der Waals surface area contributed by atoms with Gasteiger partial charge < -0.3 is 10.4 Å². The van der Waals surface area contributed by atoms with Crippen LogP contribution in [-0.2, 0) is 15.7 Å². The second-order valence-corrected chi connectivity index (χ2v) is 6.48. The summed E-state index contributed by atoms with van der Waals surface area (Å²) in [4.78, 5) is 23.4. The molecule has 0 unspecified atom stereocenters. The molecule has 0 heterocycles. The lowest BCUT2D eigenvalue weighted by Crippen LogP contribution is -2.22. The summed E-state index contributed by atoms with van der Waals surface area (Å²) in [5.41, 5.74) is 0.874. The molecule has 2 aromatic rings. The van der Waals surface area contributed by atoms with Crippen LogP contribution in [-0.4, -0.2) is 25.4 Å². The number of benzene rings is 2. The lowest BCUT2D eigenvalue weighted by atomic mass is 10.1. The molecule has 0 atom stereocenters. The van der Waals surface area contributed by atoms with Crippen molar-refractivity contribution in [2.75, 3.05) is 4.72 Å². The molecule has 0 saturated heterocycles. The Balaban J connectivity index is 2.26. The maximum absolute atomic E-state index is 12.4. The molecule has 0 bridgehead atoms. The highest BCUT2D eigenvalue weighted by Crippen LogP contribution is 2.25. The molecule has 0 spiro atoms. The smallest absolute Gasteiger partial charge is 0.330 e. The van der Waals surface area contributed by atoms with Gasteiger partial charge in [0.2, 0.25) is 10.9 Å². The topological polar surface area (TPSA) is 113 Å². The quantitative estimate of drug-likeness (QED) is 0.428. The molecule has 10 heteroatoms. The fourth-order valence-corrected chi connectivity index (χ4v) is 2.63. The molecule has 0 fully saturated rings. The van der Waals surface area contributed by atoms with E-state index in [2.05, 4.69) is 10.0 Å².